The van der Waals surface area contributed by atoms with Crippen molar-refractivity contribution in [3.8, 4) is 6.07 Å². The molecule has 1 heterocycles. The van der Waals surface area contributed by atoms with E-state index in [4.69, 9.17) is 0 Å². The van der Waals surface area contributed by atoms with E-state index in [1.807, 2.05) is 36.2 Å². The second kappa shape index (κ2) is 4.71. The van der Waals surface area contributed by atoms with Crippen molar-refractivity contribution < 1.29 is 4.39 Å². The Morgan fingerprint density at radius 1 is 1.10 bits per heavy atom. The van der Waals surface area contributed by atoms with Crippen LogP contribution in [0.25, 0.3) is 10.9 Å². The Morgan fingerprint density at radius 2 is 1.80 bits per heavy atom. The van der Waals surface area contributed by atoms with Gasteiger partial charge in [-0.25, -0.2) is 4.39 Å². The predicted octanol–water partition coefficient (Wildman–Crippen LogP) is 3.95. The van der Waals surface area contributed by atoms with Gasteiger partial charge in [0.25, 0.3) is 0 Å². The number of fused-ring (bicyclic) bond motifs is 1. The molecular weight excluding hydrogens is 253 g/mol. The molecular formula is C16H12FN3. The fourth-order valence-corrected chi connectivity index (χ4v) is 2.29. The van der Waals surface area contributed by atoms with Crippen molar-refractivity contribution in [1.29, 1.82) is 5.26 Å². The maximum absolute atomic E-state index is 13.0. The van der Waals surface area contributed by atoms with Crippen molar-refractivity contribution in [3.63, 3.8) is 0 Å². The molecule has 3 rings (SSSR count). The average Bonchev–Trinajstić information content (AvgIpc) is 2.85. The zero-order chi connectivity index (χ0) is 14.1. The van der Waals surface area contributed by atoms with Crippen LogP contribution in [0.1, 0.15) is 5.56 Å². The SMILES string of the molecule is CN(c1ccc(F)cc1)c1[nH]c2ccccc2c1C#N. The van der Waals surface area contributed by atoms with Crippen molar-refractivity contribution in [2.75, 3.05) is 11.9 Å². The van der Waals surface area contributed by atoms with Crippen molar-refractivity contribution >= 4 is 22.4 Å². The summed E-state index contributed by atoms with van der Waals surface area (Å²) in [4.78, 5) is 5.08. The molecule has 0 atom stereocenters. The van der Waals surface area contributed by atoms with Gasteiger partial charge < -0.3 is 9.88 Å². The lowest BCUT2D eigenvalue weighted by molar-refractivity contribution is 0.628. The van der Waals surface area contributed by atoms with Gasteiger partial charge in [0.2, 0.25) is 0 Å². The minimum absolute atomic E-state index is 0.278. The van der Waals surface area contributed by atoms with Gasteiger partial charge in [0.15, 0.2) is 0 Å². The van der Waals surface area contributed by atoms with E-state index in [1.54, 1.807) is 12.1 Å². The van der Waals surface area contributed by atoms with Crippen LogP contribution < -0.4 is 4.90 Å². The highest BCUT2D eigenvalue weighted by molar-refractivity contribution is 5.92. The van der Waals surface area contributed by atoms with Crippen LogP contribution in [0.2, 0.25) is 0 Å². The van der Waals surface area contributed by atoms with E-state index in [2.05, 4.69) is 11.1 Å². The van der Waals surface area contributed by atoms with Crippen LogP contribution in [0.15, 0.2) is 48.5 Å². The number of rotatable bonds is 2. The summed E-state index contributed by atoms with van der Waals surface area (Å²) in [7, 11) is 1.85. The molecule has 0 aliphatic heterocycles. The lowest BCUT2D eigenvalue weighted by Crippen LogP contribution is -2.11. The summed E-state index contributed by atoms with van der Waals surface area (Å²) in [5, 5.41) is 10.3. The first kappa shape index (κ1) is 12.2. The molecule has 0 aliphatic carbocycles. The molecule has 0 spiro atoms. The standard InChI is InChI=1S/C16H12FN3/c1-20(12-8-6-11(17)7-9-12)16-14(10-18)13-4-2-3-5-15(13)19-16/h2-9,19H,1H3. The molecule has 0 fully saturated rings. The summed E-state index contributed by atoms with van der Waals surface area (Å²) in [5.74, 6) is 0.430. The number of nitrogens with one attached hydrogen (secondary N) is 1. The third kappa shape index (κ3) is 1.90. The van der Waals surface area contributed by atoms with Crippen LogP contribution in [0.4, 0.5) is 15.9 Å². The van der Waals surface area contributed by atoms with Crippen LogP contribution in [0.5, 0.6) is 0 Å². The van der Waals surface area contributed by atoms with Gasteiger partial charge in [-0.2, -0.15) is 5.26 Å². The minimum atomic E-state index is -0.278. The molecule has 0 bridgehead atoms. The number of hydrogen-bond donors (Lipinski definition) is 1. The Labute approximate surface area is 115 Å². The van der Waals surface area contributed by atoms with Gasteiger partial charge in [-0.3, -0.25) is 0 Å². The Morgan fingerprint density at radius 3 is 2.50 bits per heavy atom. The topological polar surface area (TPSA) is 42.8 Å². The van der Waals surface area contributed by atoms with E-state index < -0.39 is 0 Å². The number of aromatic nitrogens is 1. The molecule has 3 nitrogen and oxygen atoms in total. The van der Waals surface area contributed by atoms with Crippen LogP contribution in [-0.2, 0) is 0 Å². The quantitative estimate of drug-likeness (QED) is 0.762. The van der Waals surface area contributed by atoms with E-state index in [0.717, 1.165) is 16.6 Å². The Bertz CT molecular complexity index is 797. The highest BCUT2D eigenvalue weighted by Gasteiger charge is 2.15. The average molecular weight is 265 g/mol. The largest absolute Gasteiger partial charge is 0.340 e. The number of nitriles is 1. The first-order valence-electron chi connectivity index (χ1n) is 6.21. The zero-order valence-corrected chi connectivity index (χ0v) is 10.9. The van der Waals surface area contributed by atoms with E-state index in [9.17, 15) is 9.65 Å². The van der Waals surface area contributed by atoms with Crippen molar-refractivity contribution in [1.82, 2.24) is 4.98 Å². The van der Waals surface area contributed by atoms with Crippen molar-refractivity contribution in [2.45, 2.75) is 0 Å². The van der Waals surface area contributed by atoms with Gasteiger partial charge in [-0.1, -0.05) is 18.2 Å². The predicted molar refractivity (Wildman–Crippen MR) is 77.5 cm³/mol. The van der Waals surface area contributed by atoms with Gasteiger partial charge in [0.05, 0.1) is 0 Å². The number of H-pyrrole nitrogens is 1. The first-order chi connectivity index (χ1) is 9.70. The highest BCUT2D eigenvalue weighted by Crippen LogP contribution is 2.31. The molecule has 0 saturated carbocycles. The molecule has 0 saturated heterocycles. The van der Waals surface area contributed by atoms with Crippen LogP contribution >= 0.6 is 0 Å². The Kier molecular flexibility index (Phi) is 2.88. The maximum atomic E-state index is 13.0. The molecule has 1 N–H and O–H groups in total. The normalized spacial score (nSPS) is 10.4. The molecule has 4 heteroatoms. The molecule has 1 aromatic heterocycles. The summed E-state index contributed by atoms with van der Waals surface area (Å²) >= 11 is 0. The summed E-state index contributed by atoms with van der Waals surface area (Å²) in [6.07, 6.45) is 0. The fraction of sp³-hybridized carbons (Fsp3) is 0.0625. The van der Waals surface area contributed by atoms with Crippen LogP contribution in [0, 0.1) is 17.1 Å². The van der Waals surface area contributed by atoms with Crippen LogP contribution in [0.3, 0.4) is 0 Å². The molecule has 3 aromatic rings. The molecule has 98 valence electrons. The number of benzene rings is 2. The van der Waals surface area contributed by atoms with Gasteiger partial charge >= 0.3 is 0 Å². The summed E-state index contributed by atoms with van der Waals surface area (Å²) in [6.45, 7) is 0. The molecule has 0 unspecified atom stereocenters. The van der Waals surface area contributed by atoms with E-state index in [-0.39, 0.29) is 5.82 Å². The van der Waals surface area contributed by atoms with Crippen molar-refractivity contribution in [3.05, 3.63) is 59.9 Å². The summed E-state index contributed by atoms with van der Waals surface area (Å²) < 4.78 is 13.0. The Hall–Kier alpha value is -2.80. The van der Waals surface area contributed by atoms with E-state index >= 15 is 0 Å². The summed E-state index contributed by atoms with van der Waals surface area (Å²) in [5.41, 5.74) is 2.31. The number of para-hydroxylation sites is 1. The number of anilines is 2. The molecule has 2 aromatic carbocycles. The number of hydrogen-bond acceptors (Lipinski definition) is 2. The number of aromatic amines is 1. The molecule has 0 radical (unpaired) electrons. The minimum Gasteiger partial charge on any atom is -0.340 e. The second-order valence-electron chi connectivity index (χ2n) is 4.54. The van der Waals surface area contributed by atoms with Crippen LogP contribution in [-0.4, -0.2) is 12.0 Å². The highest BCUT2D eigenvalue weighted by atomic mass is 19.1. The zero-order valence-electron chi connectivity index (χ0n) is 10.9. The van der Waals surface area contributed by atoms with Crippen molar-refractivity contribution in [2.24, 2.45) is 0 Å². The Balaban J connectivity index is 2.14. The first-order valence-corrected chi connectivity index (χ1v) is 6.21. The van der Waals surface area contributed by atoms with Gasteiger partial charge in [-0.05, 0) is 30.3 Å². The number of halogens is 1. The molecule has 0 aliphatic rings. The van der Waals surface area contributed by atoms with Gasteiger partial charge in [0, 0.05) is 23.6 Å². The van der Waals surface area contributed by atoms with E-state index in [0.29, 0.717) is 11.4 Å². The fourth-order valence-electron chi connectivity index (χ4n) is 2.29. The monoisotopic (exact) mass is 265 g/mol. The smallest absolute Gasteiger partial charge is 0.129 e. The van der Waals surface area contributed by atoms with Gasteiger partial charge in [-0.15, -0.1) is 0 Å². The lowest BCUT2D eigenvalue weighted by atomic mass is 10.2. The molecule has 0 amide bonds. The third-order valence-electron chi connectivity index (χ3n) is 3.35. The van der Waals surface area contributed by atoms with Gasteiger partial charge in [0.1, 0.15) is 23.3 Å². The summed E-state index contributed by atoms with van der Waals surface area (Å²) in [6, 6.07) is 16.1. The van der Waals surface area contributed by atoms with E-state index in [1.165, 1.54) is 12.1 Å². The lowest BCUT2D eigenvalue weighted by Gasteiger charge is -2.18. The third-order valence-corrected chi connectivity index (χ3v) is 3.35. The maximum Gasteiger partial charge on any atom is 0.129 e. The number of nitrogens with zero attached hydrogens (tertiary/aromatic N) is 2. The molecule has 20 heavy (non-hydrogen) atoms. The second-order valence-corrected chi connectivity index (χ2v) is 4.54.